The van der Waals surface area contributed by atoms with Crippen molar-refractivity contribution in [3.8, 4) is 5.75 Å². The lowest BCUT2D eigenvalue weighted by atomic mass is 10.1. The van der Waals surface area contributed by atoms with Gasteiger partial charge in [0.15, 0.2) is 0 Å². The summed E-state index contributed by atoms with van der Waals surface area (Å²) in [6, 6.07) is 7.15. The number of halogens is 1. The molecule has 1 fully saturated rings. The maximum Gasteiger partial charge on any atom is 0.343 e. The van der Waals surface area contributed by atoms with Crippen molar-refractivity contribution in [1.82, 2.24) is 14.4 Å². The van der Waals surface area contributed by atoms with Gasteiger partial charge in [0.05, 0.1) is 20.1 Å². The molecule has 2 aliphatic heterocycles. The second-order valence-corrected chi connectivity index (χ2v) is 8.90. The molecule has 1 aromatic carbocycles. The van der Waals surface area contributed by atoms with E-state index in [1.54, 1.807) is 29.0 Å². The number of aromatic nitrogens is 1. The lowest BCUT2D eigenvalue weighted by Gasteiger charge is -2.20. The number of rotatable bonds is 6. The molecule has 1 atom stereocenters. The Bertz CT molecular complexity index is 1210. The van der Waals surface area contributed by atoms with E-state index in [2.05, 4.69) is 0 Å². The molecule has 0 bridgehead atoms. The number of benzene rings is 1. The highest BCUT2D eigenvalue weighted by atomic mass is 19.1. The highest BCUT2D eigenvalue weighted by Gasteiger charge is 2.30. The van der Waals surface area contributed by atoms with Gasteiger partial charge in [-0.2, -0.15) is 0 Å². The van der Waals surface area contributed by atoms with Crippen LogP contribution in [0.5, 0.6) is 5.75 Å². The topological polar surface area (TPSA) is 98.2 Å². The first-order chi connectivity index (χ1) is 16.8. The number of hydrogen-bond acceptors (Lipinski definition) is 6. The number of amides is 2. The monoisotopic (exact) mass is 485 g/mol. The van der Waals surface area contributed by atoms with E-state index < -0.39 is 11.8 Å². The number of ether oxygens (including phenoxy) is 2. The highest BCUT2D eigenvalue weighted by molar-refractivity contribution is 5.93. The Labute approximate surface area is 202 Å². The number of pyridine rings is 1. The summed E-state index contributed by atoms with van der Waals surface area (Å²) in [5, 5.41) is 0. The molecule has 0 unspecified atom stereocenters. The Morgan fingerprint density at radius 3 is 2.63 bits per heavy atom. The number of carbonyl (C=O) groups excluding carboxylic acids is 3. The van der Waals surface area contributed by atoms with Gasteiger partial charge in [-0.05, 0) is 17.7 Å². The second kappa shape index (κ2) is 10.3. The van der Waals surface area contributed by atoms with Crippen molar-refractivity contribution in [2.45, 2.75) is 25.8 Å². The van der Waals surface area contributed by atoms with Crippen LogP contribution in [0.2, 0.25) is 0 Å². The summed E-state index contributed by atoms with van der Waals surface area (Å²) in [7, 11) is 2.97. The van der Waals surface area contributed by atoms with Crippen molar-refractivity contribution in [2.75, 3.05) is 40.4 Å². The minimum absolute atomic E-state index is 0.0248. The summed E-state index contributed by atoms with van der Waals surface area (Å²) < 4.78 is 25.8. The van der Waals surface area contributed by atoms with E-state index >= 15 is 0 Å². The van der Waals surface area contributed by atoms with Gasteiger partial charge in [0.2, 0.25) is 11.8 Å². The predicted molar refractivity (Wildman–Crippen MR) is 124 cm³/mol. The first-order valence-electron chi connectivity index (χ1n) is 11.5. The molecule has 9 nitrogen and oxygen atoms in total. The van der Waals surface area contributed by atoms with Crippen LogP contribution in [0.25, 0.3) is 0 Å². The van der Waals surface area contributed by atoms with Crippen LogP contribution >= 0.6 is 0 Å². The third-order valence-corrected chi connectivity index (χ3v) is 6.48. The van der Waals surface area contributed by atoms with Crippen molar-refractivity contribution in [3.05, 3.63) is 63.3 Å². The molecule has 2 aliphatic rings. The smallest absolute Gasteiger partial charge is 0.343 e. The van der Waals surface area contributed by atoms with Crippen molar-refractivity contribution in [3.63, 3.8) is 0 Å². The summed E-state index contributed by atoms with van der Waals surface area (Å²) in [6.07, 6.45) is 0.628. The quantitative estimate of drug-likeness (QED) is 0.572. The zero-order valence-electron chi connectivity index (χ0n) is 19.8. The van der Waals surface area contributed by atoms with Gasteiger partial charge in [-0.1, -0.05) is 12.1 Å². The van der Waals surface area contributed by atoms with E-state index in [9.17, 15) is 23.6 Å². The summed E-state index contributed by atoms with van der Waals surface area (Å²) in [5.74, 6) is -1.14. The number of fused-ring (bicyclic) bond motifs is 1. The molecule has 0 spiro atoms. The van der Waals surface area contributed by atoms with Crippen LogP contribution in [0.15, 0.2) is 35.1 Å². The molecule has 0 radical (unpaired) electrons. The molecule has 1 aromatic heterocycles. The van der Waals surface area contributed by atoms with Crippen LogP contribution in [0.3, 0.4) is 0 Å². The van der Waals surface area contributed by atoms with E-state index in [0.29, 0.717) is 24.2 Å². The first-order valence-corrected chi connectivity index (χ1v) is 11.5. The van der Waals surface area contributed by atoms with Gasteiger partial charge in [0.1, 0.15) is 17.1 Å². The van der Waals surface area contributed by atoms with Crippen LogP contribution in [0.4, 0.5) is 4.39 Å². The van der Waals surface area contributed by atoms with Crippen LogP contribution in [-0.4, -0.2) is 72.5 Å². The zero-order chi connectivity index (χ0) is 25.1. The lowest BCUT2D eigenvalue weighted by molar-refractivity contribution is -0.130. The first kappa shape index (κ1) is 24.4. The Kier molecular flexibility index (Phi) is 7.18. The number of esters is 1. The van der Waals surface area contributed by atoms with Gasteiger partial charge in [-0.15, -0.1) is 0 Å². The van der Waals surface area contributed by atoms with E-state index in [1.165, 1.54) is 29.9 Å². The number of methoxy groups -OCH3 is 1. The molecule has 0 aliphatic carbocycles. The van der Waals surface area contributed by atoms with E-state index in [-0.39, 0.29) is 73.7 Å². The van der Waals surface area contributed by atoms with Crippen molar-refractivity contribution < 1.29 is 28.2 Å². The van der Waals surface area contributed by atoms with E-state index in [4.69, 9.17) is 9.47 Å². The highest BCUT2D eigenvalue weighted by Crippen LogP contribution is 2.26. The zero-order valence-corrected chi connectivity index (χ0v) is 19.8. The minimum atomic E-state index is -0.636. The number of likely N-dealkylation sites (tertiary alicyclic amines) is 1. The molecule has 0 N–H and O–H groups in total. The molecular weight excluding hydrogens is 457 g/mol. The van der Waals surface area contributed by atoms with Gasteiger partial charge >= 0.3 is 5.97 Å². The Balaban J connectivity index is 1.55. The number of nitrogens with zero attached hydrogens (tertiary/aromatic N) is 3. The van der Waals surface area contributed by atoms with Crippen molar-refractivity contribution in [2.24, 2.45) is 5.92 Å². The molecule has 0 saturated carbocycles. The van der Waals surface area contributed by atoms with Crippen molar-refractivity contribution >= 4 is 17.8 Å². The van der Waals surface area contributed by atoms with E-state index in [0.717, 1.165) is 0 Å². The Morgan fingerprint density at radius 2 is 1.94 bits per heavy atom. The SMILES string of the molecule is COC(=O)c1c(OC[C@H]2CC(=O)N(C)C2)cc(=O)n2c1CCN(C(=O)Cc1cccc(F)c1)CC2. The average Bonchev–Trinajstić information content (AvgIpc) is 3.01. The summed E-state index contributed by atoms with van der Waals surface area (Å²) in [6.45, 7) is 1.48. The Morgan fingerprint density at radius 1 is 1.14 bits per heavy atom. The summed E-state index contributed by atoms with van der Waals surface area (Å²) in [5.41, 5.74) is 0.821. The summed E-state index contributed by atoms with van der Waals surface area (Å²) >= 11 is 0. The third-order valence-electron chi connectivity index (χ3n) is 6.48. The number of carbonyl (C=O) groups is 3. The van der Waals surface area contributed by atoms with Gasteiger partial charge in [-0.25, -0.2) is 9.18 Å². The fourth-order valence-electron chi connectivity index (χ4n) is 4.64. The molecule has 2 aromatic rings. The molecule has 4 rings (SSSR count). The van der Waals surface area contributed by atoms with Gasteiger partial charge in [-0.3, -0.25) is 14.4 Å². The van der Waals surface area contributed by atoms with Crippen LogP contribution < -0.4 is 10.3 Å². The Hall–Kier alpha value is -3.69. The normalized spacial score (nSPS) is 17.7. The molecule has 1 saturated heterocycles. The van der Waals surface area contributed by atoms with E-state index in [1.807, 2.05) is 0 Å². The van der Waals surface area contributed by atoms with Gasteiger partial charge in [0, 0.05) is 63.7 Å². The average molecular weight is 486 g/mol. The van der Waals surface area contributed by atoms with Gasteiger partial charge in [0.25, 0.3) is 5.56 Å². The molecule has 3 heterocycles. The minimum Gasteiger partial charge on any atom is -0.492 e. The second-order valence-electron chi connectivity index (χ2n) is 8.90. The lowest BCUT2D eigenvalue weighted by Crippen LogP contribution is -2.35. The van der Waals surface area contributed by atoms with Gasteiger partial charge < -0.3 is 23.8 Å². The fourth-order valence-corrected chi connectivity index (χ4v) is 4.64. The summed E-state index contributed by atoms with van der Waals surface area (Å²) in [4.78, 5) is 53.6. The molecule has 186 valence electrons. The molecule has 2 amide bonds. The van der Waals surface area contributed by atoms with Crippen LogP contribution in [-0.2, 0) is 33.7 Å². The number of hydrogen-bond donors (Lipinski definition) is 0. The molecule has 35 heavy (non-hydrogen) atoms. The molecular formula is C25H28FN3O6. The fraction of sp³-hybridized carbons (Fsp3) is 0.440. The van der Waals surface area contributed by atoms with Crippen LogP contribution in [0.1, 0.15) is 28.0 Å². The standard InChI is InChI=1S/C25H28FN3O6/c1-27-14-17(12-21(27)30)15-35-20-13-23(32)29-9-8-28(7-6-19(29)24(20)25(33)34-2)22(31)11-16-4-3-5-18(26)10-16/h3-5,10,13,17H,6-9,11-12,14-15H2,1-2H3/t17-/m0/s1. The third kappa shape index (κ3) is 5.36. The maximum absolute atomic E-state index is 13.5. The van der Waals surface area contributed by atoms with Crippen LogP contribution in [0, 0.1) is 11.7 Å². The maximum atomic E-state index is 13.5. The molecule has 10 heteroatoms. The largest absolute Gasteiger partial charge is 0.492 e. The van der Waals surface area contributed by atoms with Crippen molar-refractivity contribution in [1.29, 1.82) is 0 Å². The predicted octanol–water partition coefficient (Wildman–Crippen LogP) is 1.26.